The molecule has 4 heteroatoms. The van der Waals surface area contributed by atoms with Crippen LogP contribution in [-0.2, 0) is 16.0 Å². The molecule has 1 aromatic carbocycles. The number of carboxylic acids is 1. The standard InChI is InChI=1S/C15H21NO3/c1-3-15(4-2,11-14(18)19)16-13(17)10-12-8-6-5-7-9-12/h5-9H,3-4,10-11H2,1-2H3,(H,16,17)(H,18,19). The van der Waals surface area contributed by atoms with Crippen molar-refractivity contribution >= 4 is 11.9 Å². The van der Waals surface area contributed by atoms with Gasteiger partial charge in [0.2, 0.25) is 5.91 Å². The lowest BCUT2D eigenvalue weighted by molar-refractivity contribution is -0.139. The smallest absolute Gasteiger partial charge is 0.305 e. The van der Waals surface area contributed by atoms with Crippen molar-refractivity contribution in [3.63, 3.8) is 0 Å². The number of aliphatic carboxylic acids is 1. The quantitative estimate of drug-likeness (QED) is 0.793. The predicted molar refractivity (Wildman–Crippen MR) is 73.9 cm³/mol. The Labute approximate surface area is 113 Å². The average molecular weight is 263 g/mol. The van der Waals surface area contributed by atoms with Gasteiger partial charge in [0.05, 0.1) is 12.8 Å². The van der Waals surface area contributed by atoms with Crippen molar-refractivity contribution in [2.24, 2.45) is 0 Å². The summed E-state index contributed by atoms with van der Waals surface area (Å²) in [5.74, 6) is -1.01. The Morgan fingerprint density at radius 2 is 1.74 bits per heavy atom. The monoisotopic (exact) mass is 263 g/mol. The second-order valence-electron chi connectivity index (χ2n) is 4.77. The molecule has 0 heterocycles. The van der Waals surface area contributed by atoms with Gasteiger partial charge in [-0.25, -0.2) is 0 Å². The maximum atomic E-state index is 12.0. The average Bonchev–Trinajstić information content (AvgIpc) is 2.38. The molecule has 0 radical (unpaired) electrons. The summed E-state index contributed by atoms with van der Waals surface area (Å²) >= 11 is 0. The molecule has 1 rings (SSSR count). The number of benzene rings is 1. The molecule has 0 unspecified atom stereocenters. The van der Waals surface area contributed by atoms with E-state index in [0.29, 0.717) is 12.8 Å². The zero-order chi connectivity index (χ0) is 14.3. The molecule has 0 aliphatic heterocycles. The molecular weight excluding hydrogens is 242 g/mol. The van der Waals surface area contributed by atoms with Crippen molar-refractivity contribution < 1.29 is 14.7 Å². The first kappa shape index (κ1) is 15.2. The van der Waals surface area contributed by atoms with E-state index in [2.05, 4.69) is 5.32 Å². The maximum Gasteiger partial charge on any atom is 0.305 e. The minimum atomic E-state index is -0.885. The third-order valence-electron chi connectivity index (χ3n) is 3.46. The lowest BCUT2D eigenvalue weighted by Crippen LogP contribution is -2.49. The van der Waals surface area contributed by atoms with E-state index in [1.165, 1.54) is 0 Å². The fourth-order valence-electron chi connectivity index (χ4n) is 2.13. The minimum Gasteiger partial charge on any atom is -0.481 e. The number of nitrogens with one attached hydrogen (secondary N) is 1. The SMILES string of the molecule is CCC(CC)(CC(=O)O)NC(=O)Cc1ccccc1. The fraction of sp³-hybridized carbons (Fsp3) is 0.467. The van der Waals surface area contributed by atoms with Crippen LogP contribution >= 0.6 is 0 Å². The Kier molecular flexibility index (Phi) is 5.55. The van der Waals surface area contributed by atoms with Crippen molar-refractivity contribution in [1.29, 1.82) is 0 Å². The fourth-order valence-corrected chi connectivity index (χ4v) is 2.13. The van der Waals surface area contributed by atoms with Crippen LogP contribution < -0.4 is 5.32 Å². The third-order valence-corrected chi connectivity index (χ3v) is 3.46. The number of rotatable bonds is 7. The summed E-state index contributed by atoms with van der Waals surface area (Å²) in [6.07, 6.45) is 1.45. The molecule has 0 saturated carbocycles. The Hall–Kier alpha value is -1.84. The molecule has 104 valence electrons. The van der Waals surface area contributed by atoms with Crippen LogP contribution in [0.2, 0.25) is 0 Å². The van der Waals surface area contributed by atoms with Gasteiger partial charge in [0.25, 0.3) is 0 Å². The van der Waals surface area contributed by atoms with Gasteiger partial charge in [-0.2, -0.15) is 0 Å². The molecule has 0 aliphatic carbocycles. The first-order chi connectivity index (χ1) is 9.01. The summed E-state index contributed by atoms with van der Waals surface area (Å²) in [5, 5.41) is 11.9. The number of hydrogen-bond donors (Lipinski definition) is 2. The molecule has 0 bridgehead atoms. The number of hydrogen-bond acceptors (Lipinski definition) is 2. The first-order valence-corrected chi connectivity index (χ1v) is 6.58. The highest BCUT2D eigenvalue weighted by atomic mass is 16.4. The van der Waals surface area contributed by atoms with Crippen LogP contribution in [0, 0.1) is 0 Å². The normalized spacial score (nSPS) is 11.1. The van der Waals surface area contributed by atoms with Gasteiger partial charge in [0.1, 0.15) is 0 Å². The zero-order valence-corrected chi connectivity index (χ0v) is 11.5. The topological polar surface area (TPSA) is 66.4 Å². The number of carbonyl (C=O) groups is 2. The van der Waals surface area contributed by atoms with E-state index in [1.807, 2.05) is 44.2 Å². The summed E-state index contributed by atoms with van der Waals surface area (Å²) in [7, 11) is 0. The molecule has 4 nitrogen and oxygen atoms in total. The largest absolute Gasteiger partial charge is 0.481 e. The van der Waals surface area contributed by atoms with Gasteiger partial charge in [-0.1, -0.05) is 44.2 Å². The maximum absolute atomic E-state index is 12.0. The number of carboxylic acid groups (broad SMARTS) is 1. The summed E-state index contributed by atoms with van der Waals surface area (Å²) < 4.78 is 0. The predicted octanol–water partition coefficient (Wildman–Crippen LogP) is 2.38. The van der Waals surface area contributed by atoms with Gasteiger partial charge in [0, 0.05) is 5.54 Å². The number of carbonyl (C=O) groups excluding carboxylic acids is 1. The Balaban J connectivity index is 2.69. The molecule has 0 spiro atoms. The van der Waals surface area contributed by atoms with E-state index >= 15 is 0 Å². The molecule has 1 amide bonds. The Bertz CT molecular complexity index is 424. The van der Waals surface area contributed by atoms with Crippen LogP contribution in [0.25, 0.3) is 0 Å². The second kappa shape index (κ2) is 6.92. The van der Waals surface area contributed by atoms with Crippen LogP contribution in [0.3, 0.4) is 0 Å². The molecule has 0 fully saturated rings. The van der Waals surface area contributed by atoms with Gasteiger partial charge < -0.3 is 10.4 Å². The van der Waals surface area contributed by atoms with E-state index in [0.717, 1.165) is 5.56 Å². The van der Waals surface area contributed by atoms with E-state index in [4.69, 9.17) is 5.11 Å². The zero-order valence-electron chi connectivity index (χ0n) is 11.5. The Morgan fingerprint density at radius 3 is 2.21 bits per heavy atom. The van der Waals surface area contributed by atoms with Crippen molar-refractivity contribution in [1.82, 2.24) is 5.32 Å². The lowest BCUT2D eigenvalue weighted by atomic mass is 9.88. The Morgan fingerprint density at radius 1 is 1.16 bits per heavy atom. The minimum absolute atomic E-state index is 0.0411. The highest BCUT2D eigenvalue weighted by molar-refractivity contribution is 5.80. The molecule has 2 N–H and O–H groups in total. The van der Waals surface area contributed by atoms with Crippen LogP contribution in [-0.4, -0.2) is 22.5 Å². The lowest BCUT2D eigenvalue weighted by Gasteiger charge is -2.31. The molecule has 0 atom stereocenters. The first-order valence-electron chi connectivity index (χ1n) is 6.58. The van der Waals surface area contributed by atoms with E-state index in [9.17, 15) is 9.59 Å². The second-order valence-corrected chi connectivity index (χ2v) is 4.77. The van der Waals surface area contributed by atoms with E-state index in [-0.39, 0.29) is 18.7 Å². The highest BCUT2D eigenvalue weighted by Crippen LogP contribution is 2.20. The third kappa shape index (κ3) is 4.73. The van der Waals surface area contributed by atoms with Crippen LogP contribution in [0.5, 0.6) is 0 Å². The van der Waals surface area contributed by atoms with Gasteiger partial charge in [-0.3, -0.25) is 9.59 Å². The molecule has 19 heavy (non-hydrogen) atoms. The van der Waals surface area contributed by atoms with Crippen molar-refractivity contribution in [3.8, 4) is 0 Å². The van der Waals surface area contributed by atoms with Crippen LogP contribution in [0.1, 0.15) is 38.7 Å². The van der Waals surface area contributed by atoms with Crippen LogP contribution in [0.4, 0.5) is 0 Å². The van der Waals surface area contributed by atoms with Crippen molar-refractivity contribution in [2.45, 2.75) is 45.1 Å². The molecule has 0 saturated heterocycles. The molecule has 0 aliphatic rings. The van der Waals surface area contributed by atoms with Gasteiger partial charge in [0.15, 0.2) is 0 Å². The van der Waals surface area contributed by atoms with Crippen molar-refractivity contribution in [3.05, 3.63) is 35.9 Å². The van der Waals surface area contributed by atoms with Gasteiger partial charge >= 0.3 is 5.97 Å². The molecular formula is C15H21NO3. The molecule has 0 aromatic heterocycles. The molecule has 1 aromatic rings. The van der Waals surface area contributed by atoms with E-state index in [1.54, 1.807) is 0 Å². The summed E-state index contributed by atoms with van der Waals surface area (Å²) in [4.78, 5) is 22.9. The number of amides is 1. The van der Waals surface area contributed by atoms with Crippen LogP contribution in [0.15, 0.2) is 30.3 Å². The van der Waals surface area contributed by atoms with Crippen molar-refractivity contribution in [2.75, 3.05) is 0 Å². The van der Waals surface area contributed by atoms with Gasteiger partial charge in [-0.05, 0) is 18.4 Å². The van der Waals surface area contributed by atoms with Gasteiger partial charge in [-0.15, -0.1) is 0 Å². The summed E-state index contributed by atoms with van der Waals surface area (Å²) in [5.41, 5.74) is 0.286. The summed E-state index contributed by atoms with van der Waals surface area (Å²) in [6, 6.07) is 9.43. The highest BCUT2D eigenvalue weighted by Gasteiger charge is 2.30. The summed E-state index contributed by atoms with van der Waals surface area (Å²) in [6.45, 7) is 3.80. The van der Waals surface area contributed by atoms with E-state index < -0.39 is 11.5 Å².